The normalized spacial score (nSPS) is 11.1. The molecule has 0 aliphatic carbocycles. The smallest absolute Gasteiger partial charge is 0.273 e. The zero-order valence-corrected chi connectivity index (χ0v) is 14.6. The molecule has 0 aliphatic heterocycles. The van der Waals surface area contributed by atoms with Gasteiger partial charge in [-0.05, 0) is 39.0 Å². The van der Waals surface area contributed by atoms with Crippen molar-refractivity contribution < 1.29 is 4.79 Å². The number of carbonyl (C=O) groups is 1. The van der Waals surface area contributed by atoms with Crippen LogP contribution in [-0.2, 0) is 0 Å². The number of hydrogen-bond donors (Lipinski definition) is 1. The molecule has 0 radical (unpaired) electrons. The first kappa shape index (κ1) is 16.1. The number of hydrazone groups is 1. The fourth-order valence-electron chi connectivity index (χ4n) is 2.62. The van der Waals surface area contributed by atoms with Gasteiger partial charge in [0, 0.05) is 22.5 Å². The Morgan fingerprint density at radius 2 is 2.00 bits per heavy atom. The van der Waals surface area contributed by atoms with Gasteiger partial charge in [0.25, 0.3) is 5.91 Å². The molecule has 0 spiro atoms. The Morgan fingerprint density at radius 3 is 2.67 bits per heavy atom. The van der Waals surface area contributed by atoms with E-state index in [-0.39, 0.29) is 5.91 Å². The molecule has 122 valence electrons. The van der Waals surface area contributed by atoms with Gasteiger partial charge >= 0.3 is 0 Å². The van der Waals surface area contributed by atoms with Crippen LogP contribution in [0, 0.1) is 20.8 Å². The van der Waals surface area contributed by atoms with E-state index in [0.29, 0.717) is 5.56 Å². The molecule has 3 aromatic rings. The van der Waals surface area contributed by atoms with Crippen LogP contribution in [0.15, 0.2) is 46.9 Å². The van der Waals surface area contributed by atoms with Crippen molar-refractivity contribution in [1.29, 1.82) is 0 Å². The molecule has 0 unspecified atom stereocenters. The van der Waals surface area contributed by atoms with Crippen molar-refractivity contribution in [3.63, 3.8) is 0 Å². The van der Waals surface area contributed by atoms with E-state index >= 15 is 0 Å². The highest BCUT2D eigenvalue weighted by Gasteiger charge is 2.16. The molecule has 1 aromatic carbocycles. The van der Waals surface area contributed by atoms with Crippen LogP contribution in [0.3, 0.4) is 0 Å². The first-order valence-corrected chi connectivity index (χ1v) is 8.44. The number of thiazole rings is 1. The Balaban J connectivity index is 1.80. The second kappa shape index (κ2) is 6.80. The van der Waals surface area contributed by atoms with Crippen LogP contribution in [-0.4, -0.2) is 21.7 Å². The van der Waals surface area contributed by atoms with Gasteiger partial charge in [-0.1, -0.05) is 18.2 Å². The van der Waals surface area contributed by atoms with Crippen LogP contribution < -0.4 is 5.43 Å². The van der Waals surface area contributed by atoms with Gasteiger partial charge in [-0.25, -0.2) is 10.4 Å². The molecule has 0 saturated carbocycles. The third-order valence-corrected chi connectivity index (χ3v) is 4.48. The number of benzene rings is 1. The number of aryl methyl sites for hydroxylation is 2. The SMILES string of the molecule is Cc1nc(/C=N\NC(=O)c2cc(C)n(-c3ccccc3)c2C)cs1. The van der Waals surface area contributed by atoms with Crippen molar-refractivity contribution >= 4 is 23.5 Å². The largest absolute Gasteiger partial charge is 0.318 e. The number of nitrogens with one attached hydrogen (secondary N) is 1. The van der Waals surface area contributed by atoms with E-state index < -0.39 is 0 Å². The first-order chi connectivity index (χ1) is 11.6. The molecule has 0 fully saturated rings. The van der Waals surface area contributed by atoms with Crippen LogP contribution >= 0.6 is 11.3 Å². The molecule has 24 heavy (non-hydrogen) atoms. The molecule has 0 atom stereocenters. The third-order valence-electron chi connectivity index (χ3n) is 3.69. The Morgan fingerprint density at radius 1 is 1.25 bits per heavy atom. The summed E-state index contributed by atoms with van der Waals surface area (Å²) in [7, 11) is 0. The second-order valence-corrected chi connectivity index (χ2v) is 6.51. The van der Waals surface area contributed by atoms with Gasteiger partial charge in [-0.15, -0.1) is 11.3 Å². The molecule has 6 heteroatoms. The van der Waals surface area contributed by atoms with E-state index in [4.69, 9.17) is 0 Å². The molecular formula is C18H18N4OS. The van der Waals surface area contributed by atoms with Crippen molar-refractivity contribution in [1.82, 2.24) is 15.0 Å². The minimum absolute atomic E-state index is 0.228. The van der Waals surface area contributed by atoms with Crippen LogP contribution in [0.4, 0.5) is 0 Å². The zero-order chi connectivity index (χ0) is 17.1. The van der Waals surface area contributed by atoms with E-state index in [9.17, 15) is 4.79 Å². The van der Waals surface area contributed by atoms with Crippen LogP contribution in [0.25, 0.3) is 5.69 Å². The predicted molar refractivity (Wildman–Crippen MR) is 97.2 cm³/mol. The lowest BCUT2D eigenvalue weighted by Gasteiger charge is -2.09. The summed E-state index contributed by atoms with van der Waals surface area (Å²) in [6.07, 6.45) is 1.55. The monoisotopic (exact) mass is 338 g/mol. The van der Waals surface area contributed by atoms with E-state index in [1.165, 1.54) is 0 Å². The summed E-state index contributed by atoms with van der Waals surface area (Å²) in [5, 5.41) is 6.86. The molecule has 1 N–H and O–H groups in total. The van der Waals surface area contributed by atoms with Crippen LogP contribution in [0.2, 0.25) is 0 Å². The lowest BCUT2D eigenvalue weighted by atomic mass is 10.2. The summed E-state index contributed by atoms with van der Waals surface area (Å²) in [5.41, 5.74) is 6.85. The topological polar surface area (TPSA) is 59.3 Å². The van der Waals surface area contributed by atoms with Crippen LogP contribution in [0.5, 0.6) is 0 Å². The molecule has 1 amide bonds. The average molecular weight is 338 g/mol. The van der Waals surface area contributed by atoms with E-state index in [1.54, 1.807) is 17.6 Å². The molecule has 0 bridgehead atoms. The van der Waals surface area contributed by atoms with E-state index in [1.807, 2.05) is 62.5 Å². The Labute approximate surface area is 144 Å². The number of para-hydroxylation sites is 1. The highest BCUT2D eigenvalue weighted by atomic mass is 32.1. The second-order valence-electron chi connectivity index (χ2n) is 5.45. The number of rotatable bonds is 4. The maximum Gasteiger partial charge on any atom is 0.273 e. The molecule has 0 aliphatic rings. The number of aromatic nitrogens is 2. The Kier molecular flexibility index (Phi) is 4.57. The summed E-state index contributed by atoms with van der Waals surface area (Å²) in [6.45, 7) is 5.85. The summed E-state index contributed by atoms with van der Waals surface area (Å²) >= 11 is 1.55. The Bertz CT molecular complexity index is 893. The van der Waals surface area contributed by atoms with Gasteiger partial charge in [-0.3, -0.25) is 4.79 Å². The van der Waals surface area contributed by atoms with Crippen molar-refractivity contribution in [3.8, 4) is 5.69 Å². The maximum atomic E-state index is 12.4. The van der Waals surface area contributed by atoms with E-state index in [0.717, 1.165) is 27.8 Å². The first-order valence-electron chi connectivity index (χ1n) is 7.56. The lowest BCUT2D eigenvalue weighted by molar-refractivity contribution is 0.0954. The number of nitrogens with zero attached hydrogens (tertiary/aromatic N) is 3. The zero-order valence-electron chi connectivity index (χ0n) is 13.8. The molecule has 5 nitrogen and oxygen atoms in total. The van der Waals surface area contributed by atoms with E-state index in [2.05, 4.69) is 20.1 Å². The van der Waals surface area contributed by atoms with Gasteiger partial charge in [0.1, 0.15) is 0 Å². The van der Waals surface area contributed by atoms with Gasteiger partial charge in [0.15, 0.2) is 0 Å². The molecule has 2 heterocycles. The number of hydrogen-bond acceptors (Lipinski definition) is 4. The van der Waals surface area contributed by atoms with Crippen molar-refractivity contribution in [2.24, 2.45) is 5.10 Å². The molecule has 3 rings (SSSR count). The number of carbonyl (C=O) groups excluding carboxylic acids is 1. The van der Waals surface area contributed by atoms with Crippen molar-refractivity contribution in [3.05, 3.63) is 69.4 Å². The minimum Gasteiger partial charge on any atom is -0.318 e. The standard InChI is InChI=1S/C18H18N4OS/c1-12-9-17(13(2)22(12)16-7-5-4-6-8-16)18(23)21-19-10-15-11-24-14(3)20-15/h4-11H,1-3H3,(H,21,23)/b19-10-. The summed E-state index contributed by atoms with van der Waals surface area (Å²) in [6, 6.07) is 11.8. The fourth-order valence-corrected chi connectivity index (χ4v) is 3.19. The van der Waals surface area contributed by atoms with Gasteiger partial charge in [-0.2, -0.15) is 5.10 Å². The summed E-state index contributed by atoms with van der Waals surface area (Å²) in [4.78, 5) is 16.7. The number of amides is 1. The van der Waals surface area contributed by atoms with Crippen molar-refractivity contribution in [2.45, 2.75) is 20.8 Å². The fraction of sp³-hybridized carbons (Fsp3) is 0.167. The summed E-state index contributed by atoms with van der Waals surface area (Å²) in [5.74, 6) is -0.228. The molecule has 2 aromatic heterocycles. The van der Waals surface area contributed by atoms with Crippen molar-refractivity contribution in [2.75, 3.05) is 0 Å². The Hall–Kier alpha value is -2.73. The quantitative estimate of drug-likeness (QED) is 0.583. The molecule has 0 saturated heterocycles. The predicted octanol–water partition coefficient (Wildman–Crippen LogP) is 3.62. The maximum absolute atomic E-state index is 12.4. The van der Waals surface area contributed by atoms with Crippen LogP contribution in [0.1, 0.15) is 32.4 Å². The highest BCUT2D eigenvalue weighted by Crippen LogP contribution is 2.20. The lowest BCUT2D eigenvalue weighted by Crippen LogP contribution is -2.18. The molecular weight excluding hydrogens is 320 g/mol. The summed E-state index contributed by atoms with van der Waals surface area (Å²) < 4.78 is 2.06. The third kappa shape index (κ3) is 3.28. The van der Waals surface area contributed by atoms with Gasteiger partial charge < -0.3 is 4.57 Å². The highest BCUT2D eigenvalue weighted by molar-refractivity contribution is 7.09. The minimum atomic E-state index is -0.228. The van der Waals surface area contributed by atoms with Gasteiger partial charge in [0.2, 0.25) is 0 Å². The average Bonchev–Trinajstić information content (AvgIpc) is 3.11. The van der Waals surface area contributed by atoms with Gasteiger partial charge in [0.05, 0.1) is 22.5 Å².